The Morgan fingerprint density at radius 3 is 2.24 bits per heavy atom. The lowest BCUT2D eigenvalue weighted by Crippen LogP contribution is -2.02. The Morgan fingerprint density at radius 1 is 0.905 bits per heavy atom. The first-order chi connectivity index (χ1) is 10.2. The molecule has 0 amide bonds. The number of ether oxygens (including phenoxy) is 3. The van der Waals surface area contributed by atoms with Gasteiger partial charge in [0.25, 0.3) is 0 Å². The molecule has 0 aliphatic heterocycles. The molecule has 0 aromatic heterocycles. The molecule has 4 nitrogen and oxygen atoms in total. The van der Waals surface area contributed by atoms with Crippen molar-refractivity contribution >= 4 is 21.6 Å². The van der Waals surface area contributed by atoms with E-state index >= 15 is 0 Å². The zero-order valence-electron chi connectivity index (χ0n) is 12.3. The Morgan fingerprint density at radius 2 is 1.57 bits per heavy atom. The van der Waals surface area contributed by atoms with Gasteiger partial charge in [0.1, 0.15) is 17.2 Å². The van der Waals surface area contributed by atoms with Crippen LogP contribution in [0.25, 0.3) is 0 Å². The molecule has 0 heterocycles. The molecule has 0 saturated carbocycles. The number of benzene rings is 2. The molecule has 112 valence electrons. The summed E-state index contributed by atoms with van der Waals surface area (Å²) in [6.45, 7) is 0.653. The van der Waals surface area contributed by atoms with Gasteiger partial charge in [-0.05, 0) is 35.9 Å². The highest BCUT2D eigenvalue weighted by Gasteiger charge is 2.07. The second kappa shape index (κ2) is 7.22. The Balaban J connectivity index is 2.16. The standard InChI is InChI=1S/C16H18BrNO3/c1-19-12-4-6-14(17)11(8-12)10-18-15-7-5-13(20-2)9-16(15)21-3/h4-9,18H,10H2,1-3H3. The molecule has 21 heavy (non-hydrogen) atoms. The molecule has 2 rings (SSSR count). The quantitative estimate of drug-likeness (QED) is 0.850. The van der Waals surface area contributed by atoms with Crippen molar-refractivity contribution in [3.05, 3.63) is 46.4 Å². The van der Waals surface area contributed by atoms with Crippen molar-refractivity contribution in [1.82, 2.24) is 0 Å². The fourth-order valence-electron chi connectivity index (χ4n) is 1.95. The van der Waals surface area contributed by atoms with Crippen LogP contribution in [0.1, 0.15) is 5.56 Å². The number of hydrogen-bond donors (Lipinski definition) is 1. The first-order valence-corrected chi connectivity index (χ1v) is 7.25. The molecule has 0 atom stereocenters. The lowest BCUT2D eigenvalue weighted by Gasteiger charge is -2.14. The number of anilines is 1. The highest BCUT2D eigenvalue weighted by atomic mass is 79.9. The van der Waals surface area contributed by atoms with E-state index in [9.17, 15) is 0 Å². The first kappa shape index (κ1) is 15.5. The molecule has 1 N–H and O–H groups in total. The smallest absolute Gasteiger partial charge is 0.145 e. The number of hydrogen-bond acceptors (Lipinski definition) is 4. The van der Waals surface area contributed by atoms with Crippen molar-refractivity contribution in [3.8, 4) is 17.2 Å². The van der Waals surface area contributed by atoms with Crippen LogP contribution < -0.4 is 19.5 Å². The van der Waals surface area contributed by atoms with E-state index in [4.69, 9.17) is 14.2 Å². The highest BCUT2D eigenvalue weighted by molar-refractivity contribution is 9.10. The fraction of sp³-hybridized carbons (Fsp3) is 0.250. The summed E-state index contributed by atoms with van der Waals surface area (Å²) in [6.07, 6.45) is 0. The summed E-state index contributed by atoms with van der Waals surface area (Å²) in [7, 11) is 4.93. The van der Waals surface area contributed by atoms with Gasteiger partial charge in [-0.2, -0.15) is 0 Å². The largest absolute Gasteiger partial charge is 0.497 e. The Bertz CT molecular complexity index is 616. The van der Waals surface area contributed by atoms with Crippen LogP contribution in [0.4, 0.5) is 5.69 Å². The average Bonchev–Trinajstić information content (AvgIpc) is 2.54. The van der Waals surface area contributed by atoms with Gasteiger partial charge in [0.05, 0.1) is 27.0 Å². The molecule has 0 bridgehead atoms. The zero-order chi connectivity index (χ0) is 15.2. The van der Waals surface area contributed by atoms with Gasteiger partial charge in [0.15, 0.2) is 0 Å². The van der Waals surface area contributed by atoms with Gasteiger partial charge in [0, 0.05) is 17.1 Å². The third kappa shape index (κ3) is 3.82. The fourth-order valence-corrected chi connectivity index (χ4v) is 2.34. The second-order valence-electron chi connectivity index (χ2n) is 4.38. The molecule has 0 spiro atoms. The van der Waals surface area contributed by atoms with Crippen molar-refractivity contribution in [2.24, 2.45) is 0 Å². The molecule has 0 aliphatic carbocycles. The number of halogens is 1. The van der Waals surface area contributed by atoms with Crippen LogP contribution in [0, 0.1) is 0 Å². The Labute approximate surface area is 133 Å². The van der Waals surface area contributed by atoms with Crippen LogP contribution in [0.5, 0.6) is 17.2 Å². The SMILES string of the molecule is COc1ccc(Br)c(CNc2ccc(OC)cc2OC)c1. The predicted molar refractivity (Wildman–Crippen MR) is 87.6 cm³/mol. The molecule has 0 unspecified atom stereocenters. The molecule has 2 aromatic carbocycles. The third-order valence-corrected chi connectivity index (χ3v) is 3.90. The molecule has 0 fully saturated rings. The summed E-state index contributed by atoms with van der Waals surface area (Å²) in [4.78, 5) is 0. The molecular weight excluding hydrogens is 334 g/mol. The number of rotatable bonds is 6. The van der Waals surface area contributed by atoms with Gasteiger partial charge in [-0.25, -0.2) is 0 Å². The number of nitrogens with one attached hydrogen (secondary N) is 1. The van der Waals surface area contributed by atoms with Gasteiger partial charge in [0.2, 0.25) is 0 Å². The van der Waals surface area contributed by atoms with Gasteiger partial charge in [-0.3, -0.25) is 0 Å². The second-order valence-corrected chi connectivity index (χ2v) is 5.23. The van der Waals surface area contributed by atoms with Crippen molar-refractivity contribution < 1.29 is 14.2 Å². The minimum absolute atomic E-state index is 0.653. The Kier molecular flexibility index (Phi) is 5.33. The van der Waals surface area contributed by atoms with E-state index in [2.05, 4.69) is 21.2 Å². The zero-order valence-corrected chi connectivity index (χ0v) is 13.9. The lowest BCUT2D eigenvalue weighted by molar-refractivity contribution is 0.395. The van der Waals surface area contributed by atoms with Gasteiger partial charge in [-0.15, -0.1) is 0 Å². The summed E-state index contributed by atoms with van der Waals surface area (Å²) in [5.74, 6) is 2.34. The van der Waals surface area contributed by atoms with E-state index in [0.717, 1.165) is 33.0 Å². The van der Waals surface area contributed by atoms with Crippen LogP contribution in [0.15, 0.2) is 40.9 Å². The topological polar surface area (TPSA) is 39.7 Å². The maximum absolute atomic E-state index is 5.37. The van der Waals surface area contributed by atoms with E-state index in [-0.39, 0.29) is 0 Å². The summed E-state index contributed by atoms with van der Waals surface area (Å²) in [6, 6.07) is 11.6. The molecule has 0 radical (unpaired) electrons. The number of methoxy groups -OCH3 is 3. The third-order valence-electron chi connectivity index (χ3n) is 3.13. The molecule has 2 aromatic rings. The van der Waals surface area contributed by atoms with E-state index in [1.54, 1.807) is 21.3 Å². The predicted octanol–water partition coefficient (Wildman–Crippen LogP) is 4.09. The van der Waals surface area contributed by atoms with Gasteiger partial charge >= 0.3 is 0 Å². The maximum atomic E-state index is 5.37. The summed E-state index contributed by atoms with van der Waals surface area (Å²) >= 11 is 3.54. The van der Waals surface area contributed by atoms with E-state index in [1.165, 1.54) is 0 Å². The van der Waals surface area contributed by atoms with E-state index in [1.807, 2.05) is 36.4 Å². The van der Waals surface area contributed by atoms with Crippen LogP contribution in [-0.2, 0) is 6.54 Å². The molecular formula is C16H18BrNO3. The van der Waals surface area contributed by atoms with Gasteiger partial charge in [-0.1, -0.05) is 15.9 Å². The van der Waals surface area contributed by atoms with Crippen molar-refractivity contribution in [2.75, 3.05) is 26.6 Å². The molecule has 5 heteroatoms. The summed E-state index contributed by atoms with van der Waals surface area (Å²) < 4.78 is 16.8. The highest BCUT2D eigenvalue weighted by Crippen LogP contribution is 2.30. The lowest BCUT2D eigenvalue weighted by atomic mass is 10.2. The van der Waals surface area contributed by atoms with Crippen LogP contribution >= 0.6 is 15.9 Å². The minimum atomic E-state index is 0.653. The normalized spacial score (nSPS) is 10.1. The van der Waals surface area contributed by atoms with Crippen molar-refractivity contribution in [1.29, 1.82) is 0 Å². The molecule has 0 saturated heterocycles. The van der Waals surface area contributed by atoms with Crippen LogP contribution in [0.2, 0.25) is 0 Å². The molecule has 0 aliphatic rings. The van der Waals surface area contributed by atoms with Crippen molar-refractivity contribution in [2.45, 2.75) is 6.54 Å². The van der Waals surface area contributed by atoms with E-state index < -0.39 is 0 Å². The Hall–Kier alpha value is -1.88. The van der Waals surface area contributed by atoms with Crippen LogP contribution in [-0.4, -0.2) is 21.3 Å². The van der Waals surface area contributed by atoms with E-state index in [0.29, 0.717) is 6.54 Å². The summed E-state index contributed by atoms with van der Waals surface area (Å²) in [5.41, 5.74) is 2.01. The monoisotopic (exact) mass is 351 g/mol. The van der Waals surface area contributed by atoms with Crippen LogP contribution in [0.3, 0.4) is 0 Å². The van der Waals surface area contributed by atoms with Gasteiger partial charge < -0.3 is 19.5 Å². The summed E-state index contributed by atoms with van der Waals surface area (Å²) in [5, 5.41) is 3.36. The maximum Gasteiger partial charge on any atom is 0.145 e. The minimum Gasteiger partial charge on any atom is -0.497 e. The average molecular weight is 352 g/mol. The van der Waals surface area contributed by atoms with Crippen molar-refractivity contribution in [3.63, 3.8) is 0 Å². The first-order valence-electron chi connectivity index (χ1n) is 6.46.